The van der Waals surface area contributed by atoms with Gasteiger partial charge in [0.25, 0.3) is 5.91 Å². The van der Waals surface area contributed by atoms with E-state index in [2.05, 4.69) is 10.2 Å². The number of hydrogen-bond acceptors (Lipinski definition) is 2. The van der Waals surface area contributed by atoms with Crippen LogP contribution in [0.4, 0.5) is 0 Å². The van der Waals surface area contributed by atoms with Gasteiger partial charge in [-0.3, -0.25) is 9.89 Å². The van der Waals surface area contributed by atoms with Gasteiger partial charge in [-0.25, -0.2) is 0 Å². The summed E-state index contributed by atoms with van der Waals surface area (Å²) in [5, 5.41) is 7.21. The Labute approximate surface area is 106 Å². The number of rotatable bonds is 1. The van der Waals surface area contributed by atoms with Crippen molar-refractivity contribution in [3.63, 3.8) is 0 Å². The molecule has 0 aromatic carbocycles. The van der Waals surface area contributed by atoms with Crippen LogP contribution in [0.5, 0.6) is 0 Å². The number of aryl methyl sites for hydroxylation is 1. The van der Waals surface area contributed by atoms with Gasteiger partial charge in [-0.1, -0.05) is 30.9 Å². The van der Waals surface area contributed by atoms with Gasteiger partial charge in [0.05, 0.1) is 10.7 Å². The molecule has 17 heavy (non-hydrogen) atoms. The Morgan fingerprint density at radius 3 is 2.35 bits per heavy atom. The van der Waals surface area contributed by atoms with Crippen LogP contribution in [0.3, 0.4) is 0 Å². The Balaban J connectivity index is 2.10. The van der Waals surface area contributed by atoms with E-state index >= 15 is 0 Å². The van der Waals surface area contributed by atoms with Crippen molar-refractivity contribution in [2.75, 3.05) is 13.1 Å². The molecular formula is C12H18ClN3O. The third-order valence-electron chi connectivity index (χ3n) is 3.22. The molecule has 2 rings (SSSR count). The summed E-state index contributed by atoms with van der Waals surface area (Å²) < 4.78 is 0. The number of H-pyrrole nitrogens is 1. The highest BCUT2D eigenvalue weighted by molar-refractivity contribution is 6.34. The van der Waals surface area contributed by atoms with Crippen LogP contribution in [-0.4, -0.2) is 34.1 Å². The minimum absolute atomic E-state index is 0.0405. The Hall–Kier alpha value is -1.03. The van der Waals surface area contributed by atoms with Gasteiger partial charge in [0.15, 0.2) is 5.69 Å². The average Bonchev–Trinajstić information content (AvgIpc) is 2.58. The average molecular weight is 256 g/mol. The fourth-order valence-corrected chi connectivity index (χ4v) is 2.32. The van der Waals surface area contributed by atoms with Gasteiger partial charge in [-0.2, -0.15) is 5.10 Å². The number of carbonyl (C=O) groups excluding carboxylic acids is 1. The molecule has 1 amide bonds. The molecule has 1 aromatic heterocycles. The van der Waals surface area contributed by atoms with E-state index in [4.69, 9.17) is 11.6 Å². The molecular weight excluding hydrogens is 238 g/mol. The maximum Gasteiger partial charge on any atom is 0.275 e. The highest BCUT2D eigenvalue weighted by Crippen LogP contribution is 2.20. The molecule has 1 aliphatic rings. The first-order valence-electron chi connectivity index (χ1n) is 6.20. The van der Waals surface area contributed by atoms with Crippen molar-refractivity contribution >= 4 is 17.5 Å². The molecule has 1 aromatic rings. The predicted octanol–water partition coefficient (Wildman–Crippen LogP) is 2.78. The maximum absolute atomic E-state index is 12.3. The van der Waals surface area contributed by atoms with E-state index in [0.717, 1.165) is 31.6 Å². The molecule has 2 heterocycles. The van der Waals surface area contributed by atoms with E-state index in [1.807, 2.05) is 11.8 Å². The highest BCUT2D eigenvalue weighted by atomic mass is 35.5. The molecule has 5 heteroatoms. The minimum atomic E-state index is -0.0405. The zero-order chi connectivity index (χ0) is 12.3. The van der Waals surface area contributed by atoms with Gasteiger partial charge in [0.1, 0.15) is 0 Å². The lowest BCUT2D eigenvalue weighted by atomic mass is 10.1. The summed E-state index contributed by atoms with van der Waals surface area (Å²) in [6.45, 7) is 3.46. The zero-order valence-electron chi connectivity index (χ0n) is 10.1. The smallest absolute Gasteiger partial charge is 0.275 e. The Morgan fingerprint density at radius 1 is 1.24 bits per heavy atom. The van der Waals surface area contributed by atoms with Crippen molar-refractivity contribution in [3.8, 4) is 0 Å². The minimum Gasteiger partial charge on any atom is -0.337 e. The van der Waals surface area contributed by atoms with E-state index in [1.54, 1.807) is 0 Å². The number of nitrogens with one attached hydrogen (secondary N) is 1. The zero-order valence-corrected chi connectivity index (χ0v) is 10.9. The fraction of sp³-hybridized carbons (Fsp3) is 0.667. The number of amides is 1. The lowest BCUT2D eigenvalue weighted by Crippen LogP contribution is -2.34. The van der Waals surface area contributed by atoms with E-state index in [9.17, 15) is 4.79 Å². The van der Waals surface area contributed by atoms with Crippen LogP contribution in [0.1, 0.15) is 48.3 Å². The molecule has 0 saturated carbocycles. The number of likely N-dealkylation sites (tertiary alicyclic amines) is 1. The molecule has 0 unspecified atom stereocenters. The van der Waals surface area contributed by atoms with Gasteiger partial charge >= 0.3 is 0 Å². The summed E-state index contributed by atoms with van der Waals surface area (Å²) in [6.07, 6.45) is 5.85. The van der Waals surface area contributed by atoms with Crippen LogP contribution < -0.4 is 0 Å². The third-order valence-corrected chi connectivity index (χ3v) is 3.68. The van der Waals surface area contributed by atoms with Gasteiger partial charge in [-0.15, -0.1) is 0 Å². The summed E-state index contributed by atoms with van der Waals surface area (Å²) in [5.41, 5.74) is 1.12. The van der Waals surface area contributed by atoms with E-state index in [1.165, 1.54) is 19.3 Å². The van der Waals surface area contributed by atoms with E-state index < -0.39 is 0 Å². The van der Waals surface area contributed by atoms with Gasteiger partial charge in [0, 0.05) is 13.1 Å². The molecule has 1 N–H and O–H groups in total. The molecule has 1 saturated heterocycles. The second-order valence-electron chi connectivity index (χ2n) is 4.57. The van der Waals surface area contributed by atoms with Crippen LogP contribution >= 0.6 is 11.6 Å². The summed E-state index contributed by atoms with van der Waals surface area (Å²) in [4.78, 5) is 14.1. The van der Waals surface area contributed by atoms with Crippen LogP contribution in [-0.2, 0) is 0 Å². The van der Waals surface area contributed by atoms with Crippen molar-refractivity contribution < 1.29 is 4.79 Å². The van der Waals surface area contributed by atoms with E-state index in [-0.39, 0.29) is 5.91 Å². The standard InChI is InChI=1S/C12H18ClN3O/c1-9-10(13)11(15-14-9)12(17)16-7-5-3-2-4-6-8-16/h2-8H2,1H3,(H,14,15). The number of aromatic amines is 1. The number of halogens is 1. The topological polar surface area (TPSA) is 49.0 Å². The third kappa shape index (κ3) is 2.80. The molecule has 1 fully saturated rings. The van der Waals surface area contributed by atoms with E-state index in [0.29, 0.717) is 10.7 Å². The first kappa shape index (κ1) is 12.4. The number of aromatic nitrogens is 2. The van der Waals surface area contributed by atoms with Crippen molar-refractivity contribution in [2.24, 2.45) is 0 Å². The lowest BCUT2D eigenvalue weighted by molar-refractivity contribution is 0.0736. The number of carbonyl (C=O) groups is 1. The quantitative estimate of drug-likeness (QED) is 0.839. The molecule has 94 valence electrons. The number of hydrogen-bond donors (Lipinski definition) is 1. The summed E-state index contributed by atoms with van der Waals surface area (Å²) in [7, 11) is 0. The van der Waals surface area contributed by atoms with Crippen LogP contribution in [0.25, 0.3) is 0 Å². The summed E-state index contributed by atoms with van der Waals surface area (Å²) in [5.74, 6) is -0.0405. The summed E-state index contributed by atoms with van der Waals surface area (Å²) >= 11 is 6.05. The van der Waals surface area contributed by atoms with Crippen molar-refractivity contribution in [3.05, 3.63) is 16.4 Å². The van der Waals surface area contributed by atoms with Crippen molar-refractivity contribution in [1.82, 2.24) is 15.1 Å². The highest BCUT2D eigenvalue weighted by Gasteiger charge is 2.22. The van der Waals surface area contributed by atoms with Crippen molar-refractivity contribution in [1.29, 1.82) is 0 Å². The second kappa shape index (κ2) is 5.54. The number of nitrogens with zero attached hydrogens (tertiary/aromatic N) is 2. The van der Waals surface area contributed by atoms with Crippen LogP contribution in [0.2, 0.25) is 5.02 Å². The van der Waals surface area contributed by atoms with Gasteiger partial charge in [-0.05, 0) is 19.8 Å². The van der Waals surface area contributed by atoms with Crippen LogP contribution in [0, 0.1) is 6.92 Å². The van der Waals surface area contributed by atoms with Crippen molar-refractivity contribution in [2.45, 2.75) is 39.0 Å². The first-order valence-corrected chi connectivity index (χ1v) is 6.57. The first-order chi connectivity index (χ1) is 8.20. The molecule has 1 aliphatic heterocycles. The Morgan fingerprint density at radius 2 is 1.82 bits per heavy atom. The lowest BCUT2D eigenvalue weighted by Gasteiger charge is -2.24. The second-order valence-corrected chi connectivity index (χ2v) is 4.95. The molecule has 0 aliphatic carbocycles. The molecule has 4 nitrogen and oxygen atoms in total. The van der Waals surface area contributed by atoms with Crippen LogP contribution in [0.15, 0.2) is 0 Å². The Bertz CT molecular complexity index is 394. The molecule has 0 atom stereocenters. The monoisotopic (exact) mass is 255 g/mol. The fourth-order valence-electron chi connectivity index (χ4n) is 2.16. The molecule has 0 spiro atoms. The largest absolute Gasteiger partial charge is 0.337 e. The SMILES string of the molecule is Cc1[nH]nc(C(=O)N2CCCCCCC2)c1Cl. The van der Waals surface area contributed by atoms with Gasteiger partial charge in [0.2, 0.25) is 0 Å². The van der Waals surface area contributed by atoms with Gasteiger partial charge < -0.3 is 4.90 Å². The normalized spacial score (nSPS) is 17.6. The Kier molecular flexibility index (Phi) is 4.05. The predicted molar refractivity (Wildman–Crippen MR) is 67.3 cm³/mol. The summed E-state index contributed by atoms with van der Waals surface area (Å²) in [6, 6.07) is 0. The molecule has 0 radical (unpaired) electrons. The molecule has 0 bridgehead atoms. The maximum atomic E-state index is 12.3.